The second-order valence-corrected chi connectivity index (χ2v) is 6.20. The Morgan fingerprint density at radius 2 is 1.57 bits per heavy atom. The predicted molar refractivity (Wildman–Crippen MR) is 106 cm³/mol. The second-order valence-electron chi connectivity index (χ2n) is 5.39. The number of ether oxygens (including phenoxy) is 4. The molecule has 0 aromatic heterocycles. The molecule has 2 aromatic carbocycles. The number of benzene rings is 2. The quantitative estimate of drug-likeness (QED) is 0.513. The van der Waals surface area contributed by atoms with Crippen LogP contribution in [-0.2, 0) is 9.53 Å². The Bertz CT molecular complexity index is 904. The molecule has 0 spiro atoms. The molecule has 0 radical (unpaired) electrons. The van der Waals surface area contributed by atoms with E-state index in [1.165, 1.54) is 45.6 Å². The van der Waals surface area contributed by atoms with Crippen LogP contribution >= 0.6 is 23.2 Å². The van der Waals surface area contributed by atoms with E-state index < -0.39 is 18.5 Å². The molecule has 150 valence electrons. The van der Waals surface area contributed by atoms with Gasteiger partial charge in [0.05, 0.1) is 42.7 Å². The Hall–Kier alpha value is -2.84. The van der Waals surface area contributed by atoms with Crippen LogP contribution in [0.4, 0.5) is 11.4 Å². The maximum Gasteiger partial charge on any atom is 0.342 e. The van der Waals surface area contributed by atoms with Crippen LogP contribution in [0.5, 0.6) is 17.2 Å². The number of rotatable bonds is 7. The van der Waals surface area contributed by atoms with Gasteiger partial charge in [0.25, 0.3) is 5.91 Å². The molecule has 10 heteroatoms. The van der Waals surface area contributed by atoms with E-state index in [1.807, 2.05) is 0 Å². The van der Waals surface area contributed by atoms with E-state index in [2.05, 4.69) is 5.32 Å². The molecule has 0 saturated heterocycles. The first kappa shape index (κ1) is 21.5. The lowest BCUT2D eigenvalue weighted by Gasteiger charge is -2.14. The van der Waals surface area contributed by atoms with Gasteiger partial charge in [-0.05, 0) is 6.07 Å². The lowest BCUT2D eigenvalue weighted by atomic mass is 10.2. The number of halogens is 2. The summed E-state index contributed by atoms with van der Waals surface area (Å²) in [4.78, 5) is 24.5. The summed E-state index contributed by atoms with van der Waals surface area (Å²) in [6.45, 7) is -0.557. The second kappa shape index (κ2) is 9.38. The number of amides is 1. The molecule has 28 heavy (non-hydrogen) atoms. The average molecular weight is 429 g/mol. The van der Waals surface area contributed by atoms with Gasteiger partial charge in [-0.2, -0.15) is 0 Å². The minimum absolute atomic E-state index is 0.0419. The molecule has 0 aliphatic heterocycles. The molecule has 0 heterocycles. The normalized spacial score (nSPS) is 10.2. The Morgan fingerprint density at radius 1 is 0.929 bits per heavy atom. The van der Waals surface area contributed by atoms with Gasteiger partial charge in [0.1, 0.15) is 22.8 Å². The molecular formula is C18H18Cl2N2O6. The molecule has 0 unspecified atom stereocenters. The summed E-state index contributed by atoms with van der Waals surface area (Å²) in [7, 11) is 4.23. The van der Waals surface area contributed by atoms with Crippen LogP contribution in [0.1, 0.15) is 10.4 Å². The standard InChI is InChI=1S/C18H18Cl2N2O6/c1-25-14-6-12(21)10(19)4-9(14)18(24)28-8-17(23)22-13-7-15(26-2)11(20)5-16(13)27-3/h4-7H,8,21H2,1-3H3,(H,22,23). The van der Waals surface area contributed by atoms with Crippen molar-refractivity contribution < 1.29 is 28.5 Å². The summed E-state index contributed by atoms with van der Waals surface area (Å²) in [6.07, 6.45) is 0. The molecule has 1 amide bonds. The molecule has 0 aliphatic rings. The van der Waals surface area contributed by atoms with Crippen LogP contribution in [0.25, 0.3) is 0 Å². The van der Waals surface area contributed by atoms with Crippen LogP contribution in [0.3, 0.4) is 0 Å². The van der Waals surface area contributed by atoms with Gasteiger partial charge in [-0.25, -0.2) is 4.79 Å². The highest BCUT2D eigenvalue weighted by molar-refractivity contribution is 6.33. The lowest BCUT2D eigenvalue weighted by Crippen LogP contribution is -2.21. The zero-order chi connectivity index (χ0) is 20.8. The van der Waals surface area contributed by atoms with Gasteiger partial charge in [-0.3, -0.25) is 4.79 Å². The minimum atomic E-state index is -0.797. The summed E-state index contributed by atoms with van der Waals surface area (Å²) in [6, 6.07) is 5.68. The number of nitrogen functional groups attached to an aromatic ring is 1. The molecule has 0 bridgehead atoms. The summed E-state index contributed by atoms with van der Waals surface area (Å²) in [5, 5.41) is 3.04. The van der Waals surface area contributed by atoms with E-state index in [0.29, 0.717) is 22.2 Å². The molecule has 3 N–H and O–H groups in total. The van der Waals surface area contributed by atoms with Gasteiger partial charge in [0.15, 0.2) is 6.61 Å². The van der Waals surface area contributed by atoms with Crippen molar-refractivity contribution in [1.29, 1.82) is 0 Å². The minimum Gasteiger partial charge on any atom is -0.496 e. The fourth-order valence-electron chi connectivity index (χ4n) is 2.25. The third-order valence-electron chi connectivity index (χ3n) is 3.62. The molecular weight excluding hydrogens is 411 g/mol. The topological polar surface area (TPSA) is 109 Å². The van der Waals surface area contributed by atoms with Crippen molar-refractivity contribution in [3.05, 3.63) is 39.9 Å². The van der Waals surface area contributed by atoms with E-state index in [-0.39, 0.29) is 22.0 Å². The van der Waals surface area contributed by atoms with Crippen LogP contribution in [-0.4, -0.2) is 39.8 Å². The number of anilines is 2. The highest BCUT2D eigenvalue weighted by Crippen LogP contribution is 2.36. The smallest absolute Gasteiger partial charge is 0.342 e. The first-order valence-electron chi connectivity index (χ1n) is 7.82. The molecule has 0 atom stereocenters. The number of methoxy groups -OCH3 is 3. The van der Waals surface area contributed by atoms with Crippen molar-refractivity contribution in [3.8, 4) is 17.2 Å². The van der Waals surface area contributed by atoms with Crippen LogP contribution in [0.15, 0.2) is 24.3 Å². The molecule has 0 fully saturated rings. The van der Waals surface area contributed by atoms with E-state index in [9.17, 15) is 9.59 Å². The first-order chi connectivity index (χ1) is 13.3. The monoisotopic (exact) mass is 428 g/mol. The number of esters is 1. The maximum absolute atomic E-state index is 12.3. The van der Waals surface area contributed by atoms with E-state index in [0.717, 1.165) is 0 Å². The van der Waals surface area contributed by atoms with E-state index in [4.69, 9.17) is 47.9 Å². The van der Waals surface area contributed by atoms with Crippen molar-refractivity contribution in [2.75, 3.05) is 39.0 Å². The van der Waals surface area contributed by atoms with Gasteiger partial charge >= 0.3 is 5.97 Å². The number of nitrogens with two attached hydrogens (primary N) is 1. The summed E-state index contributed by atoms with van der Waals surface area (Å²) in [5.41, 5.74) is 6.27. The van der Waals surface area contributed by atoms with E-state index >= 15 is 0 Å². The SMILES string of the molecule is COc1cc(NC(=O)COC(=O)c2cc(Cl)c(N)cc2OC)c(OC)cc1Cl. The van der Waals surface area contributed by atoms with Crippen molar-refractivity contribution in [2.24, 2.45) is 0 Å². The largest absolute Gasteiger partial charge is 0.496 e. The Kier molecular flexibility index (Phi) is 7.19. The summed E-state index contributed by atoms with van der Waals surface area (Å²) in [5.74, 6) is -0.559. The third-order valence-corrected chi connectivity index (χ3v) is 4.24. The lowest BCUT2D eigenvalue weighted by molar-refractivity contribution is -0.119. The number of carbonyl (C=O) groups is 2. The predicted octanol–water partition coefficient (Wildman–Crippen LogP) is 3.40. The van der Waals surface area contributed by atoms with Crippen molar-refractivity contribution in [2.45, 2.75) is 0 Å². The number of carbonyl (C=O) groups excluding carboxylic acids is 2. The Balaban J connectivity index is 2.09. The van der Waals surface area contributed by atoms with Gasteiger partial charge in [-0.1, -0.05) is 23.2 Å². The van der Waals surface area contributed by atoms with Crippen molar-refractivity contribution >= 4 is 46.5 Å². The maximum atomic E-state index is 12.3. The number of hydrogen-bond donors (Lipinski definition) is 2. The fourth-order valence-corrected chi connectivity index (χ4v) is 2.65. The van der Waals surface area contributed by atoms with E-state index in [1.54, 1.807) is 0 Å². The van der Waals surface area contributed by atoms with Crippen LogP contribution in [0, 0.1) is 0 Å². The first-order valence-corrected chi connectivity index (χ1v) is 8.57. The Morgan fingerprint density at radius 3 is 2.18 bits per heavy atom. The van der Waals surface area contributed by atoms with Gasteiger partial charge < -0.3 is 30.0 Å². The highest BCUT2D eigenvalue weighted by Gasteiger charge is 2.19. The van der Waals surface area contributed by atoms with Gasteiger partial charge in [0.2, 0.25) is 0 Å². The molecule has 0 saturated carbocycles. The fraction of sp³-hybridized carbons (Fsp3) is 0.222. The van der Waals surface area contributed by atoms with Crippen molar-refractivity contribution in [1.82, 2.24) is 0 Å². The summed E-state index contributed by atoms with van der Waals surface area (Å²) < 4.78 is 20.4. The average Bonchev–Trinajstić information content (AvgIpc) is 2.68. The van der Waals surface area contributed by atoms with Crippen molar-refractivity contribution in [3.63, 3.8) is 0 Å². The zero-order valence-electron chi connectivity index (χ0n) is 15.3. The molecule has 2 rings (SSSR count). The zero-order valence-corrected chi connectivity index (χ0v) is 16.8. The number of nitrogens with one attached hydrogen (secondary N) is 1. The summed E-state index contributed by atoms with van der Waals surface area (Å²) >= 11 is 11.9. The van der Waals surface area contributed by atoms with Crippen LogP contribution in [0.2, 0.25) is 10.0 Å². The molecule has 0 aliphatic carbocycles. The molecule has 8 nitrogen and oxygen atoms in total. The van der Waals surface area contributed by atoms with Crippen LogP contribution < -0.4 is 25.3 Å². The molecule has 2 aromatic rings. The highest BCUT2D eigenvalue weighted by atomic mass is 35.5. The van der Waals surface area contributed by atoms with Gasteiger partial charge in [0, 0.05) is 18.2 Å². The third kappa shape index (κ3) is 4.90. The Labute approximate surface area is 171 Å². The number of hydrogen-bond acceptors (Lipinski definition) is 7. The van der Waals surface area contributed by atoms with Gasteiger partial charge in [-0.15, -0.1) is 0 Å².